The van der Waals surface area contributed by atoms with Crippen molar-refractivity contribution in [2.45, 2.75) is 26.7 Å². The van der Waals surface area contributed by atoms with Gasteiger partial charge in [0, 0.05) is 19.3 Å². The predicted molar refractivity (Wildman–Crippen MR) is 79.8 cm³/mol. The van der Waals surface area contributed by atoms with Crippen LogP contribution in [0.5, 0.6) is 0 Å². The van der Waals surface area contributed by atoms with Gasteiger partial charge in [-0.15, -0.1) is 0 Å². The zero-order valence-corrected chi connectivity index (χ0v) is 12.7. The van der Waals surface area contributed by atoms with E-state index in [0.717, 1.165) is 5.56 Å². The average Bonchev–Trinajstić information content (AvgIpc) is 2.69. The number of aryl methyl sites for hydroxylation is 3. The summed E-state index contributed by atoms with van der Waals surface area (Å²) in [7, 11) is 1.70. The van der Waals surface area contributed by atoms with Crippen molar-refractivity contribution in [1.82, 2.24) is 20.1 Å². The number of hydrogen-bond donors (Lipinski definition) is 3. The zero-order valence-electron chi connectivity index (χ0n) is 12.7. The van der Waals surface area contributed by atoms with Crippen molar-refractivity contribution < 1.29 is 14.7 Å². The van der Waals surface area contributed by atoms with E-state index < -0.39 is 5.97 Å². The van der Waals surface area contributed by atoms with Crippen LogP contribution in [-0.2, 0) is 23.1 Å². The van der Waals surface area contributed by atoms with Gasteiger partial charge in [-0.3, -0.25) is 24.2 Å². The number of aliphatic carboxylic acids is 1. The lowest BCUT2D eigenvalue weighted by Crippen LogP contribution is -2.28. The molecule has 0 saturated carbocycles. The molecule has 8 nitrogen and oxygen atoms in total. The minimum absolute atomic E-state index is 0.0640. The van der Waals surface area contributed by atoms with Crippen molar-refractivity contribution in [2.24, 2.45) is 7.05 Å². The molecule has 0 bridgehead atoms. The second kappa shape index (κ2) is 6.00. The number of carboxylic acids is 1. The first-order valence-corrected chi connectivity index (χ1v) is 6.84. The summed E-state index contributed by atoms with van der Waals surface area (Å²) < 4.78 is 1.55. The number of nitrogens with one attached hydrogen (secondary N) is 2. The number of carbonyl (C=O) groups is 2. The van der Waals surface area contributed by atoms with Crippen molar-refractivity contribution in [2.75, 3.05) is 6.54 Å². The van der Waals surface area contributed by atoms with E-state index in [1.54, 1.807) is 25.6 Å². The maximum atomic E-state index is 11.9. The third-order valence-corrected chi connectivity index (χ3v) is 3.57. The van der Waals surface area contributed by atoms with Crippen molar-refractivity contribution in [3.8, 4) is 0 Å². The van der Waals surface area contributed by atoms with E-state index in [4.69, 9.17) is 5.11 Å². The Morgan fingerprint density at radius 3 is 2.68 bits per heavy atom. The Balaban J connectivity index is 2.28. The van der Waals surface area contributed by atoms with Gasteiger partial charge < -0.3 is 10.4 Å². The second-order valence-electron chi connectivity index (χ2n) is 5.17. The second-order valence-corrected chi connectivity index (χ2v) is 5.17. The molecular formula is C14H18N4O4. The van der Waals surface area contributed by atoms with Crippen molar-refractivity contribution >= 4 is 22.9 Å². The molecule has 1 amide bonds. The van der Waals surface area contributed by atoms with Gasteiger partial charge in [0.1, 0.15) is 0 Å². The number of aromatic amines is 1. The van der Waals surface area contributed by atoms with Crippen LogP contribution in [-0.4, -0.2) is 38.3 Å². The highest BCUT2D eigenvalue weighted by molar-refractivity contribution is 5.84. The molecular weight excluding hydrogens is 288 g/mol. The fourth-order valence-electron chi connectivity index (χ4n) is 2.44. The quantitative estimate of drug-likeness (QED) is 0.719. The Kier molecular flexibility index (Phi) is 4.30. The highest BCUT2D eigenvalue weighted by Crippen LogP contribution is 2.20. The van der Waals surface area contributed by atoms with Crippen LogP contribution in [0.3, 0.4) is 0 Å². The molecule has 2 rings (SSSR count). The largest absolute Gasteiger partial charge is 0.481 e. The monoisotopic (exact) mass is 306 g/mol. The topological polar surface area (TPSA) is 117 Å². The van der Waals surface area contributed by atoms with E-state index in [2.05, 4.69) is 15.4 Å². The van der Waals surface area contributed by atoms with Gasteiger partial charge >= 0.3 is 5.97 Å². The van der Waals surface area contributed by atoms with Gasteiger partial charge in [-0.25, -0.2) is 4.98 Å². The van der Waals surface area contributed by atoms with Gasteiger partial charge in [0.05, 0.1) is 18.2 Å². The lowest BCUT2D eigenvalue weighted by Gasteiger charge is -2.10. The van der Waals surface area contributed by atoms with Crippen LogP contribution < -0.4 is 10.9 Å². The molecule has 0 radical (unpaired) electrons. The molecule has 0 aromatic carbocycles. The molecule has 2 aromatic rings. The summed E-state index contributed by atoms with van der Waals surface area (Å²) in [4.78, 5) is 38.6. The molecule has 22 heavy (non-hydrogen) atoms. The van der Waals surface area contributed by atoms with Gasteiger partial charge in [0.2, 0.25) is 5.91 Å². The Morgan fingerprint density at radius 2 is 2.05 bits per heavy atom. The number of fused-ring (bicyclic) bond motifs is 1. The molecule has 3 N–H and O–H groups in total. The first-order chi connectivity index (χ1) is 10.3. The smallest absolute Gasteiger partial charge is 0.305 e. The van der Waals surface area contributed by atoms with Crippen LogP contribution in [0.15, 0.2) is 4.79 Å². The third-order valence-electron chi connectivity index (χ3n) is 3.57. The maximum Gasteiger partial charge on any atom is 0.305 e. The number of aromatic nitrogens is 3. The van der Waals surface area contributed by atoms with E-state index in [0.29, 0.717) is 22.3 Å². The van der Waals surface area contributed by atoms with E-state index in [1.165, 1.54) is 0 Å². The van der Waals surface area contributed by atoms with E-state index in [-0.39, 0.29) is 30.9 Å². The van der Waals surface area contributed by atoms with E-state index >= 15 is 0 Å². The SMILES string of the molecule is Cc1nc2c(c(C)c1CC(=O)NCCC(=O)O)c(=O)[nH]n2C. The van der Waals surface area contributed by atoms with Crippen molar-refractivity contribution in [3.63, 3.8) is 0 Å². The highest BCUT2D eigenvalue weighted by Gasteiger charge is 2.17. The molecule has 0 aliphatic carbocycles. The molecule has 8 heteroatoms. The fraction of sp³-hybridized carbons (Fsp3) is 0.429. The lowest BCUT2D eigenvalue weighted by molar-refractivity contribution is -0.136. The number of carboxylic acid groups (broad SMARTS) is 1. The van der Waals surface area contributed by atoms with Crippen LogP contribution >= 0.6 is 0 Å². The number of pyridine rings is 1. The highest BCUT2D eigenvalue weighted by atomic mass is 16.4. The Bertz CT molecular complexity index is 803. The zero-order chi connectivity index (χ0) is 16.4. The molecule has 0 aliphatic rings. The molecule has 0 aliphatic heterocycles. The van der Waals surface area contributed by atoms with Crippen LogP contribution in [0, 0.1) is 13.8 Å². The summed E-state index contributed by atoms with van der Waals surface area (Å²) in [5.74, 6) is -1.26. The number of hydrogen-bond acceptors (Lipinski definition) is 4. The number of H-pyrrole nitrogens is 1. The molecule has 2 aromatic heterocycles. The van der Waals surface area contributed by atoms with Crippen LogP contribution in [0.2, 0.25) is 0 Å². The number of amides is 1. The van der Waals surface area contributed by atoms with Crippen LogP contribution in [0.1, 0.15) is 23.2 Å². The number of rotatable bonds is 5. The standard InChI is InChI=1S/C14H18N4O4/c1-7-9(6-10(19)15-5-4-11(20)21)8(2)16-13-12(7)14(22)17-18(13)3/h4-6H2,1-3H3,(H,15,19)(H,17,22)(H,20,21). The Hall–Kier alpha value is -2.64. The molecule has 0 fully saturated rings. The first kappa shape index (κ1) is 15.7. The number of carbonyl (C=O) groups excluding carboxylic acids is 1. The first-order valence-electron chi connectivity index (χ1n) is 6.84. The Labute approximate surface area is 126 Å². The average molecular weight is 306 g/mol. The molecule has 0 atom stereocenters. The van der Waals surface area contributed by atoms with Gasteiger partial charge in [-0.1, -0.05) is 0 Å². The summed E-state index contributed by atoms with van der Waals surface area (Å²) in [6, 6.07) is 0. The van der Waals surface area contributed by atoms with E-state index in [1.807, 2.05) is 0 Å². The van der Waals surface area contributed by atoms with Gasteiger partial charge in [-0.2, -0.15) is 0 Å². The summed E-state index contributed by atoms with van der Waals surface area (Å²) in [5, 5.41) is 14.2. The summed E-state index contributed by atoms with van der Waals surface area (Å²) >= 11 is 0. The van der Waals surface area contributed by atoms with Crippen LogP contribution in [0.25, 0.3) is 11.0 Å². The maximum absolute atomic E-state index is 11.9. The van der Waals surface area contributed by atoms with Crippen molar-refractivity contribution in [3.05, 3.63) is 27.2 Å². The lowest BCUT2D eigenvalue weighted by atomic mass is 10.0. The van der Waals surface area contributed by atoms with Crippen molar-refractivity contribution in [1.29, 1.82) is 0 Å². The minimum Gasteiger partial charge on any atom is -0.481 e. The summed E-state index contributed by atoms with van der Waals surface area (Å²) in [6.45, 7) is 3.64. The van der Waals surface area contributed by atoms with Crippen LogP contribution in [0.4, 0.5) is 0 Å². The Morgan fingerprint density at radius 1 is 1.36 bits per heavy atom. The van der Waals surface area contributed by atoms with Gasteiger partial charge in [-0.05, 0) is 25.0 Å². The molecule has 2 heterocycles. The molecule has 0 spiro atoms. The van der Waals surface area contributed by atoms with Gasteiger partial charge in [0.15, 0.2) is 5.65 Å². The minimum atomic E-state index is -0.966. The van der Waals surface area contributed by atoms with E-state index in [9.17, 15) is 14.4 Å². The normalized spacial score (nSPS) is 10.9. The van der Waals surface area contributed by atoms with Gasteiger partial charge in [0.25, 0.3) is 5.56 Å². The third kappa shape index (κ3) is 3.00. The fourth-order valence-corrected chi connectivity index (χ4v) is 2.44. The summed E-state index contributed by atoms with van der Waals surface area (Å²) in [5.41, 5.74) is 2.40. The number of nitrogens with zero attached hydrogens (tertiary/aromatic N) is 2. The molecule has 118 valence electrons. The summed E-state index contributed by atoms with van der Waals surface area (Å²) in [6.07, 6.45) is -0.0616. The molecule has 0 saturated heterocycles. The predicted octanol–water partition coefficient (Wildman–Crippen LogP) is 0.0118. The molecule has 0 unspecified atom stereocenters.